The van der Waals surface area contributed by atoms with Crippen molar-refractivity contribution in [2.75, 3.05) is 31.1 Å². The summed E-state index contributed by atoms with van der Waals surface area (Å²) in [4.78, 5) is 39.2. The molecule has 2 atom stereocenters. The molecule has 0 aliphatic carbocycles. The van der Waals surface area contributed by atoms with E-state index in [1.165, 1.54) is 0 Å². The lowest BCUT2D eigenvalue weighted by molar-refractivity contribution is -0.134. The zero-order valence-corrected chi connectivity index (χ0v) is 19.0. The van der Waals surface area contributed by atoms with Gasteiger partial charge in [-0.3, -0.25) is 14.9 Å². The van der Waals surface area contributed by atoms with Crippen LogP contribution >= 0.6 is 0 Å². The minimum absolute atomic E-state index is 0.0461. The number of imide groups is 1. The number of hydrogen-bond acceptors (Lipinski definition) is 6. The van der Waals surface area contributed by atoms with Crippen LogP contribution in [0.15, 0.2) is 18.2 Å². The number of nitrogens with zero attached hydrogens (tertiary/aromatic N) is 2. The van der Waals surface area contributed by atoms with E-state index >= 15 is 8.78 Å². The second-order valence-electron chi connectivity index (χ2n) is 9.71. The number of amides is 3. The van der Waals surface area contributed by atoms with Gasteiger partial charge in [-0.2, -0.15) is 0 Å². The van der Waals surface area contributed by atoms with Gasteiger partial charge in [0.1, 0.15) is 24.0 Å². The number of hydrogen-bond donors (Lipinski definition) is 1. The molecule has 4 rings (SSSR count). The Kier molecular flexibility index (Phi) is 5.96. The Morgan fingerprint density at radius 2 is 1.97 bits per heavy atom. The van der Waals surface area contributed by atoms with Gasteiger partial charge in [-0.15, -0.1) is 0 Å². The first-order chi connectivity index (χ1) is 15.5. The number of carbonyl (C=O) groups is 3. The van der Waals surface area contributed by atoms with Gasteiger partial charge in [0.15, 0.2) is 0 Å². The third-order valence-electron chi connectivity index (χ3n) is 6.13. The molecular weight excluding hydrogens is 436 g/mol. The van der Waals surface area contributed by atoms with Crippen LogP contribution in [0.25, 0.3) is 0 Å². The van der Waals surface area contributed by atoms with Crippen molar-refractivity contribution in [1.82, 2.24) is 10.2 Å². The van der Waals surface area contributed by atoms with Crippen molar-refractivity contribution < 1.29 is 32.6 Å². The van der Waals surface area contributed by atoms with E-state index in [4.69, 9.17) is 9.47 Å². The summed E-state index contributed by atoms with van der Waals surface area (Å²) in [5.41, 5.74) is 0.159. The average molecular weight is 465 g/mol. The highest BCUT2D eigenvalue weighted by Gasteiger charge is 2.49. The lowest BCUT2D eigenvalue weighted by Crippen LogP contribution is -2.54. The van der Waals surface area contributed by atoms with Crippen LogP contribution in [0.5, 0.6) is 5.75 Å². The molecule has 0 spiro atoms. The standard InChI is InChI=1S/C23H29F2N3O5/c1-22(2,3)33-21(31)27-10-9-15(23(24,25)13-27)14-5-4-6-16-19(14)32-12-11-28(16)17-7-8-18(29)26-20(17)30/h4-6,15,17H,7-13H2,1-3H3,(H,26,29,30)/t15-,17?/m0/s1. The Hall–Kier alpha value is -2.91. The van der Waals surface area contributed by atoms with Crippen molar-refractivity contribution in [3.63, 3.8) is 0 Å². The van der Waals surface area contributed by atoms with E-state index in [0.717, 1.165) is 4.90 Å². The molecule has 3 aliphatic rings. The first kappa shape index (κ1) is 23.3. The van der Waals surface area contributed by atoms with Gasteiger partial charge in [-0.25, -0.2) is 13.6 Å². The molecule has 180 valence electrons. The summed E-state index contributed by atoms with van der Waals surface area (Å²) < 4.78 is 41.7. The number of rotatable bonds is 2. The lowest BCUT2D eigenvalue weighted by atomic mass is 9.85. The van der Waals surface area contributed by atoms with Crippen molar-refractivity contribution in [2.45, 2.75) is 63.5 Å². The third kappa shape index (κ3) is 4.74. The van der Waals surface area contributed by atoms with Gasteiger partial charge in [-0.05, 0) is 39.7 Å². The van der Waals surface area contributed by atoms with Crippen LogP contribution in [0.4, 0.5) is 19.3 Å². The van der Waals surface area contributed by atoms with Crippen LogP contribution in [0.2, 0.25) is 0 Å². The van der Waals surface area contributed by atoms with Gasteiger partial charge in [0.2, 0.25) is 11.8 Å². The number of anilines is 1. The van der Waals surface area contributed by atoms with Gasteiger partial charge >= 0.3 is 6.09 Å². The number of piperidine rings is 2. The molecule has 0 saturated carbocycles. The monoisotopic (exact) mass is 465 g/mol. The largest absolute Gasteiger partial charge is 0.489 e. The summed E-state index contributed by atoms with van der Waals surface area (Å²) in [5.74, 6) is -4.70. The van der Waals surface area contributed by atoms with Gasteiger partial charge < -0.3 is 19.3 Å². The molecule has 1 unspecified atom stereocenters. The number of benzene rings is 1. The molecular formula is C23H29F2N3O5. The zero-order chi connectivity index (χ0) is 24.0. The quantitative estimate of drug-likeness (QED) is 0.676. The van der Waals surface area contributed by atoms with Crippen LogP contribution < -0.4 is 15.0 Å². The first-order valence-electron chi connectivity index (χ1n) is 11.2. The number of alkyl halides is 2. The van der Waals surface area contributed by atoms with E-state index in [1.54, 1.807) is 39.0 Å². The Labute approximate surface area is 191 Å². The molecule has 2 fully saturated rings. The van der Waals surface area contributed by atoms with Crippen molar-refractivity contribution in [3.8, 4) is 5.75 Å². The van der Waals surface area contributed by atoms with E-state index in [0.29, 0.717) is 30.0 Å². The molecule has 3 heterocycles. The first-order valence-corrected chi connectivity index (χ1v) is 11.2. The molecule has 8 nitrogen and oxygen atoms in total. The summed E-state index contributed by atoms with van der Waals surface area (Å²) in [7, 11) is 0. The van der Waals surface area contributed by atoms with Crippen molar-refractivity contribution in [3.05, 3.63) is 23.8 Å². The zero-order valence-electron chi connectivity index (χ0n) is 19.0. The maximum absolute atomic E-state index is 15.3. The van der Waals surface area contributed by atoms with E-state index in [-0.39, 0.29) is 37.8 Å². The smallest absolute Gasteiger partial charge is 0.410 e. The fourth-order valence-electron chi connectivity index (χ4n) is 4.67. The molecule has 1 aromatic rings. The minimum atomic E-state index is -3.19. The highest BCUT2D eigenvalue weighted by Crippen LogP contribution is 2.48. The molecule has 1 aromatic carbocycles. The summed E-state index contributed by atoms with van der Waals surface area (Å²) in [6.07, 6.45) is -0.122. The van der Waals surface area contributed by atoms with Gasteiger partial charge in [0.25, 0.3) is 5.92 Å². The summed E-state index contributed by atoms with van der Waals surface area (Å²) in [6.45, 7) is 5.12. The number of nitrogens with one attached hydrogen (secondary N) is 1. The Morgan fingerprint density at radius 3 is 2.64 bits per heavy atom. The van der Waals surface area contributed by atoms with Crippen LogP contribution in [-0.4, -0.2) is 66.6 Å². The number of ether oxygens (including phenoxy) is 2. The number of carbonyl (C=O) groups excluding carboxylic acids is 3. The van der Waals surface area contributed by atoms with Crippen molar-refractivity contribution in [1.29, 1.82) is 0 Å². The van der Waals surface area contributed by atoms with Crippen LogP contribution in [-0.2, 0) is 14.3 Å². The number of para-hydroxylation sites is 1. The van der Waals surface area contributed by atoms with Crippen molar-refractivity contribution >= 4 is 23.6 Å². The molecule has 3 amide bonds. The van der Waals surface area contributed by atoms with E-state index in [9.17, 15) is 14.4 Å². The van der Waals surface area contributed by atoms with Crippen LogP contribution in [0.1, 0.15) is 51.5 Å². The predicted octanol–water partition coefficient (Wildman–Crippen LogP) is 3.05. The molecule has 0 bridgehead atoms. The normalized spacial score (nSPS) is 25.1. The van der Waals surface area contributed by atoms with Crippen LogP contribution in [0.3, 0.4) is 0 Å². The maximum Gasteiger partial charge on any atom is 0.410 e. The van der Waals surface area contributed by atoms with Gasteiger partial charge in [-0.1, -0.05) is 12.1 Å². The molecule has 33 heavy (non-hydrogen) atoms. The summed E-state index contributed by atoms with van der Waals surface area (Å²) >= 11 is 0. The number of fused-ring (bicyclic) bond motifs is 1. The van der Waals surface area contributed by atoms with E-state index in [2.05, 4.69) is 5.32 Å². The summed E-state index contributed by atoms with van der Waals surface area (Å²) in [6, 6.07) is 4.48. The molecule has 2 saturated heterocycles. The number of likely N-dealkylation sites (tertiary alicyclic amines) is 1. The Bertz CT molecular complexity index is 962. The maximum atomic E-state index is 15.3. The molecule has 10 heteroatoms. The van der Waals surface area contributed by atoms with Gasteiger partial charge in [0, 0.05) is 18.5 Å². The molecule has 0 radical (unpaired) electrons. The topological polar surface area (TPSA) is 88.2 Å². The van der Waals surface area contributed by atoms with Crippen LogP contribution in [0, 0.1) is 0 Å². The SMILES string of the molecule is CC(C)(C)OC(=O)N1CC[C@@H](c2cccc3c2OCCN3C2CCC(=O)NC2=O)C(F)(F)C1. The van der Waals surface area contributed by atoms with E-state index < -0.39 is 36.1 Å². The minimum Gasteiger partial charge on any atom is -0.489 e. The Morgan fingerprint density at radius 1 is 1.21 bits per heavy atom. The molecule has 1 N–H and O–H groups in total. The van der Waals surface area contributed by atoms with Crippen molar-refractivity contribution in [2.24, 2.45) is 0 Å². The second-order valence-corrected chi connectivity index (χ2v) is 9.71. The number of halogens is 2. The fraction of sp³-hybridized carbons (Fsp3) is 0.609. The Balaban J connectivity index is 1.58. The predicted molar refractivity (Wildman–Crippen MR) is 116 cm³/mol. The highest BCUT2D eigenvalue weighted by atomic mass is 19.3. The second kappa shape index (κ2) is 8.46. The lowest BCUT2D eigenvalue weighted by Gasteiger charge is -2.42. The molecule has 0 aromatic heterocycles. The molecule has 3 aliphatic heterocycles. The van der Waals surface area contributed by atoms with Gasteiger partial charge in [0.05, 0.1) is 24.7 Å². The average Bonchev–Trinajstić information content (AvgIpc) is 2.71. The fourth-order valence-corrected chi connectivity index (χ4v) is 4.67. The van der Waals surface area contributed by atoms with E-state index in [1.807, 2.05) is 4.90 Å². The third-order valence-corrected chi connectivity index (χ3v) is 6.13. The highest BCUT2D eigenvalue weighted by molar-refractivity contribution is 6.02. The summed E-state index contributed by atoms with van der Waals surface area (Å²) in [5, 5.41) is 2.35.